The van der Waals surface area contributed by atoms with Crippen molar-refractivity contribution in [1.29, 1.82) is 0 Å². The van der Waals surface area contributed by atoms with Crippen LogP contribution < -0.4 is 11.1 Å². The van der Waals surface area contributed by atoms with Gasteiger partial charge in [0.1, 0.15) is 0 Å². The first kappa shape index (κ1) is 14.0. The molecule has 0 spiro atoms. The monoisotopic (exact) mass is 271 g/mol. The Bertz CT molecular complexity index is 595. The predicted molar refractivity (Wildman–Crippen MR) is 76.3 cm³/mol. The fourth-order valence-corrected chi connectivity index (χ4v) is 1.81. The molecule has 6 heteroatoms. The molecule has 2 aromatic rings. The predicted octanol–water partition coefficient (Wildman–Crippen LogP) is 1.17. The first-order valence-electron chi connectivity index (χ1n) is 6.24. The molecule has 0 atom stereocenters. The summed E-state index contributed by atoms with van der Waals surface area (Å²) < 4.78 is 0. The normalized spacial score (nSPS) is 11.6. The third-order valence-corrected chi connectivity index (χ3v) is 2.86. The van der Waals surface area contributed by atoms with Crippen molar-refractivity contribution in [2.24, 2.45) is 10.9 Å². The van der Waals surface area contributed by atoms with Crippen molar-refractivity contribution >= 4 is 5.84 Å². The first-order chi connectivity index (χ1) is 9.70. The number of nitrogens with zero attached hydrogens (tertiary/aromatic N) is 3. The number of hydrogen-bond donors (Lipinski definition) is 3. The lowest BCUT2D eigenvalue weighted by Gasteiger charge is -2.09. The van der Waals surface area contributed by atoms with E-state index in [9.17, 15) is 0 Å². The Kier molecular flexibility index (Phi) is 4.62. The minimum atomic E-state index is 0.109. The summed E-state index contributed by atoms with van der Waals surface area (Å²) in [6, 6.07) is 7.51. The van der Waals surface area contributed by atoms with Crippen molar-refractivity contribution in [3.63, 3.8) is 0 Å². The van der Waals surface area contributed by atoms with Gasteiger partial charge in [-0.1, -0.05) is 29.4 Å². The molecule has 2 rings (SSSR count). The molecule has 0 fully saturated rings. The summed E-state index contributed by atoms with van der Waals surface area (Å²) in [5, 5.41) is 15.1. The average Bonchev–Trinajstić information content (AvgIpc) is 2.49. The third-order valence-electron chi connectivity index (χ3n) is 2.86. The van der Waals surface area contributed by atoms with Gasteiger partial charge in [-0.15, -0.1) is 0 Å². The Balaban J connectivity index is 1.99. The lowest BCUT2D eigenvalue weighted by molar-refractivity contribution is 0.318. The molecule has 104 valence electrons. The van der Waals surface area contributed by atoms with Gasteiger partial charge in [-0.05, 0) is 12.5 Å². The number of nitrogens with two attached hydrogens (primary N) is 1. The van der Waals surface area contributed by atoms with E-state index in [0.717, 1.165) is 22.5 Å². The summed E-state index contributed by atoms with van der Waals surface area (Å²) in [6.45, 7) is 3.11. The largest absolute Gasteiger partial charge is 0.409 e. The maximum absolute atomic E-state index is 8.77. The van der Waals surface area contributed by atoms with Crippen molar-refractivity contribution in [3.8, 4) is 0 Å². The van der Waals surface area contributed by atoms with E-state index in [-0.39, 0.29) is 5.84 Å². The second-order valence-electron chi connectivity index (χ2n) is 4.40. The molecule has 0 unspecified atom stereocenters. The van der Waals surface area contributed by atoms with Crippen LogP contribution in [0.15, 0.2) is 41.8 Å². The zero-order valence-corrected chi connectivity index (χ0v) is 11.2. The number of hydrogen-bond acceptors (Lipinski definition) is 5. The van der Waals surface area contributed by atoms with Gasteiger partial charge in [-0.3, -0.25) is 9.97 Å². The second-order valence-corrected chi connectivity index (χ2v) is 4.40. The molecule has 0 saturated carbocycles. The molecule has 0 aliphatic carbocycles. The fraction of sp³-hybridized carbons (Fsp3) is 0.214. The van der Waals surface area contributed by atoms with E-state index in [1.54, 1.807) is 12.4 Å². The highest BCUT2D eigenvalue weighted by Gasteiger charge is 2.05. The van der Waals surface area contributed by atoms with Crippen LogP contribution in [0, 0.1) is 6.92 Å². The van der Waals surface area contributed by atoms with E-state index < -0.39 is 0 Å². The summed E-state index contributed by atoms with van der Waals surface area (Å²) in [6.07, 6.45) is 3.49. The highest BCUT2D eigenvalue weighted by molar-refractivity contribution is 5.98. The Morgan fingerprint density at radius 1 is 1.25 bits per heavy atom. The van der Waals surface area contributed by atoms with E-state index in [0.29, 0.717) is 13.1 Å². The van der Waals surface area contributed by atoms with Crippen molar-refractivity contribution in [3.05, 3.63) is 59.2 Å². The van der Waals surface area contributed by atoms with Gasteiger partial charge in [0.25, 0.3) is 0 Å². The quantitative estimate of drug-likeness (QED) is 0.328. The zero-order valence-electron chi connectivity index (χ0n) is 11.2. The van der Waals surface area contributed by atoms with Crippen LogP contribution in [-0.4, -0.2) is 21.0 Å². The minimum absolute atomic E-state index is 0.109. The minimum Gasteiger partial charge on any atom is -0.409 e. The average molecular weight is 271 g/mol. The molecule has 1 aromatic heterocycles. The number of amidine groups is 1. The zero-order chi connectivity index (χ0) is 14.4. The van der Waals surface area contributed by atoms with Gasteiger partial charge in [0.05, 0.1) is 11.4 Å². The van der Waals surface area contributed by atoms with Crippen LogP contribution in [0.4, 0.5) is 0 Å². The van der Waals surface area contributed by atoms with Gasteiger partial charge in [0, 0.05) is 31.0 Å². The molecule has 6 nitrogen and oxygen atoms in total. The van der Waals surface area contributed by atoms with Crippen LogP contribution in [0.5, 0.6) is 0 Å². The van der Waals surface area contributed by atoms with E-state index in [4.69, 9.17) is 10.9 Å². The van der Waals surface area contributed by atoms with Gasteiger partial charge in [-0.25, -0.2) is 0 Å². The lowest BCUT2D eigenvalue weighted by Crippen LogP contribution is -2.20. The van der Waals surface area contributed by atoms with E-state index >= 15 is 0 Å². The van der Waals surface area contributed by atoms with Gasteiger partial charge in [0.15, 0.2) is 5.84 Å². The SMILES string of the molecule is Cc1cnc(CNCc2ccccc2C(N)=NO)cn1. The molecule has 4 N–H and O–H groups in total. The highest BCUT2D eigenvalue weighted by Crippen LogP contribution is 2.08. The second kappa shape index (κ2) is 6.63. The number of benzene rings is 1. The molecule has 0 aliphatic rings. The summed E-state index contributed by atoms with van der Waals surface area (Å²) in [4.78, 5) is 8.46. The number of nitrogens with one attached hydrogen (secondary N) is 1. The molecule has 1 heterocycles. The maximum Gasteiger partial charge on any atom is 0.170 e. The van der Waals surface area contributed by atoms with Crippen LogP contribution >= 0.6 is 0 Å². The van der Waals surface area contributed by atoms with Crippen molar-refractivity contribution in [2.75, 3.05) is 0 Å². The molecule has 0 radical (unpaired) electrons. The standard InChI is InChI=1S/C14H17N5O/c1-10-6-18-12(9-17-10)8-16-7-11-4-2-3-5-13(11)14(15)19-20/h2-6,9,16,20H,7-8H2,1H3,(H2,15,19). The topological polar surface area (TPSA) is 96.4 Å². The molecule has 0 bridgehead atoms. The first-order valence-corrected chi connectivity index (χ1v) is 6.24. The number of rotatable bonds is 5. The Morgan fingerprint density at radius 2 is 2.05 bits per heavy atom. The Labute approximate surface area is 117 Å². The summed E-state index contributed by atoms with van der Waals surface area (Å²) in [7, 11) is 0. The third kappa shape index (κ3) is 3.52. The van der Waals surface area contributed by atoms with Crippen molar-refractivity contribution in [1.82, 2.24) is 15.3 Å². The highest BCUT2D eigenvalue weighted by atomic mass is 16.4. The maximum atomic E-state index is 8.77. The van der Waals surface area contributed by atoms with E-state index in [2.05, 4.69) is 20.4 Å². The molecule has 1 aromatic carbocycles. The van der Waals surface area contributed by atoms with Gasteiger partial charge < -0.3 is 16.3 Å². The number of aromatic nitrogens is 2. The van der Waals surface area contributed by atoms with Crippen molar-refractivity contribution < 1.29 is 5.21 Å². The molecular weight excluding hydrogens is 254 g/mol. The molecular formula is C14H17N5O. The molecule has 0 amide bonds. The van der Waals surface area contributed by atoms with E-state index in [1.165, 1.54) is 0 Å². The Morgan fingerprint density at radius 3 is 2.75 bits per heavy atom. The summed E-state index contributed by atoms with van der Waals surface area (Å²) >= 11 is 0. The molecule has 20 heavy (non-hydrogen) atoms. The van der Waals surface area contributed by atoms with Gasteiger partial charge in [-0.2, -0.15) is 0 Å². The van der Waals surface area contributed by atoms with Crippen molar-refractivity contribution in [2.45, 2.75) is 20.0 Å². The molecule has 0 saturated heterocycles. The van der Waals surface area contributed by atoms with Crippen LogP contribution in [0.3, 0.4) is 0 Å². The van der Waals surface area contributed by atoms with Crippen LogP contribution in [0.1, 0.15) is 22.5 Å². The summed E-state index contributed by atoms with van der Waals surface area (Å²) in [5.74, 6) is 0.109. The van der Waals surface area contributed by atoms with E-state index in [1.807, 2.05) is 31.2 Å². The Hall–Kier alpha value is -2.47. The van der Waals surface area contributed by atoms with Gasteiger partial charge >= 0.3 is 0 Å². The molecule has 0 aliphatic heterocycles. The summed E-state index contributed by atoms with van der Waals surface area (Å²) in [5.41, 5.74) is 9.09. The number of aryl methyl sites for hydroxylation is 1. The van der Waals surface area contributed by atoms with Gasteiger partial charge in [0.2, 0.25) is 0 Å². The lowest BCUT2D eigenvalue weighted by atomic mass is 10.1. The number of oxime groups is 1. The fourth-order valence-electron chi connectivity index (χ4n) is 1.81. The van der Waals surface area contributed by atoms with Crippen LogP contribution in [0.2, 0.25) is 0 Å². The van der Waals surface area contributed by atoms with Crippen LogP contribution in [-0.2, 0) is 13.1 Å². The van der Waals surface area contributed by atoms with Crippen LogP contribution in [0.25, 0.3) is 0 Å². The smallest absolute Gasteiger partial charge is 0.170 e.